The van der Waals surface area contributed by atoms with Gasteiger partial charge < -0.3 is 0 Å². The smallest absolute Gasteiger partial charge is 0.276 e. The van der Waals surface area contributed by atoms with Crippen LogP contribution in [0.3, 0.4) is 0 Å². The summed E-state index contributed by atoms with van der Waals surface area (Å²) in [5.74, 6) is 0. The zero-order valence-corrected chi connectivity index (χ0v) is 10.2. The first kappa shape index (κ1) is 13.5. The molecule has 0 aliphatic carbocycles. The van der Waals surface area contributed by atoms with E-state index in [-0.39, 0.29) is 11.1 Å². The van der Waals surface area contributed by atoms with E-state index in [1.165, 1.54) is 24.5 Å². The largest absolute Gasteiger partial charge is 0.417 e. The molecule has 1 aromatic carbocycles. The molecule has 2 aromatic rings. The Morgan fingerprint density at radius 1 is 1.11 bits per heavy atom. The summed E-state index contributed by atoms with van der Waals surface area (Å²) in [6, 6.07) is 5.92. The van der Waals surface area contributed by atoms with Crippen LogP contribution in [0.5, 0.6) is 0 Å². The summed E-state index contributed by atoms with van der Waals surface area (Å²) in [4.78, 5) is 14.8. The highest BCUT2D eigenvalue weighted by molar-refractivity contribution is 6.67. The van der Waals surface area contributed by atoms with Crippen LogP contribution < -0.4 is 0 Å². The summed E-state index contributed by atoms with van der Waals surface area (Å²) >= 11 is 5.30. The first-order chi connectivity index (χ1) is 8.89. The lowest BCUT2D eigenvalue weighted by Crippen LogP contribution is -2.08. The Labute approximate surface area is 111 Å². The number of hydrogen-bond donors (Lipinski definition) is 0. The fraction of sp³-hybridized carbons (Fsp3) is 0.0769. The van der Waals surface area contributed by atoms with Crippen molar-refractivity contribution in [1.29, 1.82) is 0 Å². The minimum Gasteiger partial charge on any atom is -0.276 e. The second kappa shape index (κ2) is 5.01. The predicted octanol–water partition coefficient (Wildman–Crippen LogP) is 4.15. The predicted molar refractivity (Wildman–Crippen MR) is 64.9 cm³/mol. The fourth-order valence-corrected chi connectivity index (χ4v) is 1.80. The lowest BCUT2D eigenvalue weighted by Gasteiger charge is -2.13. The Morgan fingerprint density at radius 2 is 1.74 bits per heavy atom. The summed E-state index contributed by atoms with van der Waals surface area (Å²) in [5, 5.41) is -0.802. The molecule has 2 rings (SSSR count). The number of hydrogen-bond acceptors (Lipinski definition) is 2. The molecule has 6 heteroatoms. The molecule has 0 bridgehead atoms. The molecule has 0 saturated carbocycles. The van der Waals surface area contributed by atoms with Crippen LogP contribution in [-0.4, -0.2) is 10.2 Å². The third kappa shape index (κ3) is 2.93. The molecule has 0 saturated heterocycles. The highest BCUT2D eigenvalue weighted by atomic mass is 35.5. The van der Waals surface area contributed by atoms with Gasteiger partial charge in [-0.2, -0.15) is 13.2 Å². The van der Waals surface area contributed by atoms with Crippen molar-refractivity contribution >= 4 is 16.8 Å². The Bertz CT molecular complexity index is 611. The van der Waals surface area contributed by atoms with Crippen LogP contribution in [0.4, 0.5) is 13.2 Å². The Kier molecular flexibility index (Phi) is 3.57. The standard InChI is InChI=1S/C13H7ClF3NO/c14-12(19)9-1-2-11(13(15,16)17)10(7-9)8-3-5-18-6-4-8/h1-7H. The normalized spacial score (nSPS) is 11.4. The van der Waals surface area contributed by atoms with Gasteiger partial charge in [0.1, 0.15) is 0 Å². The van der Waals surface area contributed by atoms with Crippen LogP contribution in [0.25, 0.3) is 11.1 Å². The van der Waals surface area contributed by atoms with Gasteiger partial charge in [-0.3, -0.25) is 9.78 Å². The number of alkyl halides is 3. The SMILES string of the molecule is O=C(Cl)c1ccc(C(F)(F)F)c(-c2ccncc2)c1. The van der Waals surface area contributed by atoms with Gasteiger partial charge in [-0.05, 0) is 53.1 Å². The van der Waals surface area contributed by atoms with E-state index in [2.05, 4.69) is 4.98 Å². The van der Waals surface area contributed by atoms with Crippen LogP contribution in [0, 0.1) is 0 Å². The van der Waals surface area contributed by atoms with Gasteiger partial charge in [0.05, 0.1) is 5.56 Å². The van der Waals surface area contributed by atoms with Gasteiger partial charge >= 0.3 is 6.18 Å². The van der Waals surface area contributed by atoms with E-state index >= 15 is 0 Å². The maximum atomic E-state index is 12.9. The van der Waals surface area contributed by atoms with Gasteiger partial charge in [0.15, 0.2) is 0 Å². The molecule has 0 N–H and O–H groups in total. The zero-order valence-electron chi connectivity index (χ0n) is 9.41. The second-order valence-corrected chi connectivity index (χ2v) is 4.11. The molecule has 0 atom stereocenters. The molecule has 0 fully saturated rings. The number of benzene rings is 1. The molecule has 1 aromatic heterocycles. The van der Waals surface area contributed by atoms with Gasteiger partial charge in [-0.25, -0.2) is 0 Å². The highest BCUT2D eigenvalue weighted by Gasteiger charge is 2.33. The first-order valence-corrected chi connectivity index (χ1v) is 5.59. The Hall–Kier alpha value is -1.88. The summed E-state index contributed by atoms with van der Waals surface area (Å²) in [6.07, 6.45) is -1.75. The van der Waals surface area contributed by atoms with Crippen LogP contribution in [-0.2, 0) is 6.18 Å². The van der Waals surface area contributed by atoms with Gasteiger partial charge in [0.25, 0.3) is 5.24 Å². The highest BCUT2D eigenvalue weighted by Crippen LogP contribution is 2.37. The van der Waals surface area contributed by atoms with E-state index in [0.29, 0.717) is 5.56 Å². The summed E-state index contributed by atoms with van der Waals surface area (Å²) in [6.45, 7) is 0. The van der Waals surface area contributed by atoms with Crippen molar-refractivity contribution in [2.24, 2.45) is 0 Å². The van der Waals surface area contributed by atoms with Gasteiger partial charge in [0.2, 0.25) is 0 Å². The van der Waals surface area contributed by atoms with Crippen molar-refractivity contribution in [3.63, 3.8) is 0 Å². The molecule has 0 spiro atoms. The Balaban J connectivity index is 2.67. The number of halogens is 4. The number of nitrogens with zero attached hydrogens (tertiary/aromatic N) is 1. The van der Waals surface area contributed by atoms with E-state index in [0.717, 1.165) is 18.2 Å². The third-order valence-electron chi connectivity index (χ3n) is 2.54. The van der Waals surface area contributed by atoms with Crippen molar-refractivity contribution < 1.29 is 18.0 Å². The van der Waals surface area contributed by atoms with E-state index in [1.807, 2.05) is 0 Å². The molecular weight excluding hydrogens is 279 g/mol. The first-order valence-electron chi connectivity index (χ1n) is 5.21. The van der Waals surface area contributed by atoms with Crippen LogP contribution >= 0.6 is 11.6 Å². The van der Waals surface area contributed by atoms with Crippen LogP contribution in [0.15, 0.2) is 42.7 Å². The third-order valence-corrected chi connectivity index (χ3v) is 2.76. The summed E-state index contributed by atoms with van der Waals surface area (Å²) < 4.78 is 38.8. The molecule has 0 radical (unpaired) electrons. The average Bonchev–Trinajstić information content (AvgIpc) is 2.38. The zero-order chi connectivity index (χ0) is 14.0. The molecule has 19 heavy (non-hydrogen) atoms. The molecule has 0 amide bonds. The molecule has 2 nitrogen and oxygen atoms in total. The lowest BCUT2D eigenvalue weighted by atomic mass is 9.98. The quantitative estimate of drug-likeness (QED) is 0.776. The van der Waals surface area contributed by atoms with Crippen LogP contribution in [0.2, 0.25) is 0 Å². The van der Waals surface area contributed by atoms with Gasteiger partial charge in [0, 0.05) is 18.0 Å². The van der Waals surface area contributed by atoms with E-state index in [9.17, 15) is 18.0 Å². The number of rotatable bonds is 2. The number of pyridine rings is 1. The van der Waals surface area contributed by atoms with Crippen molar-refractivity contribution in [3.8, 4) is 11.1 Å². The van der Waals surface area contributed by atoms with E-state index < -0.39 is 17.0 Å². The fourth-order valence-electron chi connectivity index (χ4n) is 1.68. The van der Waals surface area contributed by atoms with Crippen molar-refractivity contribution in [2.45, 2.75) is 6.18 Å². The van der Waals surface area contributed by atoms with Gasteiger partial charge in [-0.15, -0.1) is 0 Å². The Morgan fingerprint density at radius 3 is 2.26 bits per heavy atom. The molecular formula is C13H7ClF3NO. The second-order valence-electron chi connectivity index (χ2n) is 3.77. The monoisotopic (exact) mass is 285 g/mol. The van der Waals surface area contributed by atoms with Crippen LogP contribution in [0.1, 0.15) is 15.9 Å². The maximum absolute atomic E-state index is 12.9. The lowest BCUT2D eigenvalue weighted by molar-refractivity contribution is -0.137. The van der Waals surface area contributed by atoms with Crippen molar-refractivity contribution in [1.82, 2.24) is 4.98 Å². The minimum absolute atomic E-state index is 0.0153. The maximum Gasteiger partial charge on any atom is 0.417 e. The molecule has 0 unspecified atom stereocenters. The topological polar surface area (TPSA) is 30.0 Å². The molecule has 98 valence electrons. The van der Waals surface area contributed by atoms with Gasteiger partial charge in [-0.1, -0.05) is 0 Å². The van der Waals surface area contributed by atoms with Crippen molar-refractivity contribution in [3.05, 3.63) is 53.9 Å². The molecule has 1 heterocycles. The summed E-state index contributed by atoms with van der Waals surface area (Å²) in [5.41, 5.74) is -0.578. The number of carbonyl (C=O) groups excluding carboxylic acids is 1. The summed E-state index contributed by atoms with van der Waals surface area (Å²) in [7, 11) is 0. The van der Waals surface area contributed by atoms with Crippen molar-refractivity contribution in [2.75, 3.05) is 0 Å². The number of carbonyl (C=O) groups is 1. The average molecular weight is 286 g/mol. The number of aromatic nitrogens is 1. The minimum atomic E-state index is -4.51. The van der Waals surface area contributed by atoms with E-state index in [1.54, 1.807) is 0 Å². The molecule has 0 aliphatic heterocycles. The van der Waals surface area contributed by atoms with E-state index in [4.69, 9.17) is 11.6 Å². The molecule has 0 aliphatic rings.